The number of carbonyl (C=O) groups excluding carboxylic acids is 1. The minimum Gasteiger partial charge on any atom is -0.355 e. The van der Waals surface area contributed by atoms with Crippen molar-refractivity contribution in [1.29, 1.82) is 0 Å². The van der Waals surface area contributed by atoms with E-state index in [1.807, 2.05) is 18.3 Å². The lowest BCUT2D eigenvalue weighted by atomic mass is 10.0. The number of hydrogen-bond donors (Lipinski definition) is 1. The summed E-state index contributed by atoms with van der Waals surface area (Å²) in [5.41, 5.74) is 0.889. The molecule has 0 bridgehead atoms. The van der Waals surface area contributed by atoms with Gasteiger partial charge in [-0.15, -0.1) is 0 Å². The molecule has 0 aromatic carbocycles. The molecule has 1 aliphatic heterocycles. The molecule has 1 amide bonds. The van der Waals surface area contributed by atoms with Gasteiger partial charge >= 0.3 is 0 Å². The number of hydrogen-bond acceptors (Lipinski definition) is 3. The topological polar surface area (TPSA) is 45.2 Å². The maximum atomic E-state index is 12.4. The van der Waals surface area contributed by atoms with E-state index in [0.29, 0.717) is 0 Å². The Kier molecular flexibility index (Phi) is 2.90. The molecule has 106 valence electrons. The number of amides is 1. The number of anilines is 2. The first-order valence-electron chi connectivity index (χ1n) is 7.82. The van der Waals surface area contributed by atoms with Crippen molar-refractivity contribution in [2.75, 3.05) is 23.3 Å². The van der Waals surface area contributed by atoms with Gasteiger partial charge in [-0.05, 0) is 56.1 Å². The van der Waals surface area contributed by atoms with Gasteiger partial charge in [0.25, 0.3) is 0 Å². The Morgan fingerprint density at radius 3 is 2.70 bits per heavy atom. The van der Waals surface area contributed by atoms with E-state index >= 15 is 0 Å². The van der Waals surface area contributed by atoms with Crippen molar-refractivity contribution in [2.45, 2.75) is 32.1 Å². The van der Waals surface area contributed by atoms with Crippen LogP contribution in [-0.2, 0) is 4.79 Å². The molecule has 4 heteroatoms. The lowest BCUT2D eigenvalue weighted by molar-refractivity contribution is -0.120. The normalized spacial score (nSPS) is 31.2. The van der Waals surface area contributed by atoms with Crippen LogP contribution < -0.4 is 10.2 Å². The highest BCUT2D eigenvalue weighted by atomic mass is 16.1. The molecule has 0 radical (unpaired) electrons. The quantitative estimate of drug-likeness (QED) is 0.919. The molecular weight excluding hydrogens is 250 g/mol. The molecule has 3 fully saturated rings. The van der Waals surface area contributed by atoms with Crippen molar-refractivity contribution in [1.82, 2.24) is 4.98 Å². The number of fused-ring (bicyclic) bond motifs is 1. The van der Waals surface area contributed by atoms with Gasteiger partial charge in [0.2, 0.25) is 5.91 Å². The van der Waals surface area contributed by atoms with Gasteiger partial charge in [0.1, 0.15) is 0 Å². The predicted molar refractivity (Wildman–Crippen MR) is 78.6 cm³/mol. The fraction of sp³-hybridized carbons (Fsp3) is 0.625. The van der Waals surface area contributed by atoms with Crippen LogP contribution in [0.2, 0.25) is 0 Å². The zero-order valence-corrected chi connectivity index (χ0v) is 11.7. The fourth-order valence-corrected chi connectivity index (χ4v) is 3.84. The zero-order valence-electron chi connectivity index (χ0n) is 11.7. The lowest BCUT2D eigenvalue weighted by Gasteiger charge is -2.21. The Morgan fingerprint density at radius 2 is 1.95 bits per heavy atom. The second-order valence-corrected chi connectivity index (χ2v) is 6.48. The number of aromatic nitrogens is 1. The summed E-state index contributed by atoms with van der Waals surface area (Å²) in [5, 5.41) is 3.13. The Hall–Kier alpha value is -1.58. The number of nitrogens with zero attached hydrogens (tertiary/aromatic N) is 2. The highest BCUT2D eigenvalue weighted by Gasteiger charge is 2.48. The van der Waals surface area contributed by atoms with Gasteiger partial charge in [-0.1, -0.05) is 0 Å². The van der Waals surface area contributed by atoms with Gasteiger partial charge in [-0.2, -0.15) is 0 Å². The minimum atomic E-state index is 0.200. The first kappa shape index (κ1) is 12.2. The highest BCUT2D eigenvalue weighted by molar-refractivity contribution is 5.95. The van der Waals surface area contributed by atoms with Gasteiger partial charge in [-0.25, -0.2) is 4.98 Å². The van der Waals surface area contributed by atoms with E-state index in [-0.39, 0.29) is 11.8 Å². The molecule has 2 saturated carbocycles. The summed E-state index contributed by atoms with van der Waals surface area (Å²) in [5.74, 6) is 3.06. The number of pyridine rings is 1. The fourth-order valence-electron chi connectivity index (χ4n) is 3.84. The highest BCUT2D eigenvalue weighted by Crippen LogP contribution is 2.54. The molecule has 1 saturated heterocycles. The van der Waals surface area contributed by atoms with Crippen LogP contribution in [0.5, 0.6) is 0 Å². The second-order valence-electron chi connectivity index (χ2n) is 6.48. The maximum Gasteiger partial charge on any atom is 0.227 e. The van der Waals surface area contributed by atoms with E-state index in [9.17, 15) is 4.79 Å². The molecule has 2 atom stereocenters. The number of carbonyl (C=O) groups is 1. The van der Waals surface area contributed by atoms with E-state index in [2.05, 4.69) is 15.2 Å². The Morgan fingerprint density at radius 1 is 1.20 bits per heavy atom. The van der Waals surface area contributed by atoms with Crippen molar-refractivity contribution in [3.05, 3.63) is 18.3 Å². The molecule has 1 aromatic rings. The Labute approximate surface area is 119 Å². The van der Waals surface area contributed by atoms with E-state index in [1.165, 1.54) is 19.3 Å². The average Bonchev–Trinajstić information content (AvgIpc) is 2.91. The van der Waals surface area contributed by atoms with Gasteiger partial charge in [0.15, 0.2) is 5.82 Å². The summed E-state index contributed by atoms with van der Waals surface area (Å²) in [6.45, 7) is 2.10. The van der Waals surface area contributed by atoms with Crippen LogP contribution in [0.1, 0.15) is 32.1 Å². The molecule has 4 rings (SSSR count). The van der Waals surface area contributed by atoms with E-state index in [0.717, 1.165) is 49.3 Å². The standard InChI is InChI=1S/C16H21N3O/c20-16(13-9-11-8-12(11)10-13)18-14-4-3-5-17-15(14)19-6-1-2-7-19/h3-5,11-13H,1-2,6-10H2,(H,18,20). The molecule has 3 aliphatic rings. The van der Waals surface area contributed by atoms with Gasteiger partial charge in [-0.3, -0.25) is 4.79 Å². The van der Waals surface area contributed by atoms with Crippen LogP contribution in [0.3, 0.4) is 0 Å². The van der Waals surface area contributed by atoms with Crippen molar-refractivity contribution < 1.29 is 4.79 Å². The van der Waals surface area contributed by atoms with Crippen LogP contribution >= 0.6 is 0 Å². The van der Waals surface area contributed by atoms with Crippen LogP contribution in [0, 0.1) is 17.8 Å². The third-order valence-electron chi connectivity index (χ3n) is 5.06. The summed E-state index contributed by atoms with van der Waals surface area (Å²) < 4.78 is 0. The average molecular weight is 271 g/mol. The second kappa shape index (κ2) is 4.76. The summed E-state index contributed by atoms with van der Waals surface area (Å²) in [6.07, 6.45) is 7.79. The smallest absolute Gasteiger partial charge is 0.227 e. The van der Waals surface area contributed by atoms with Crippen molar-refractivity contribution in [3.8, 4) is 0 Å². The van der Waals surface area contributed by atoms with Crippen LogP contribution in [0.15, 0.2) is 18.3 Å². The lowest BCUT2D eigenvalue weighted by Crippen LogP contribution is -2.25. The van der Waals surface area contributed by atoms with E-state index < -0.39 is 0 Å². The number of nitrogens with one attached hydrogen (secondary N) is 1. The number of rotatable bonds is 3. The van der Waals surface area contributed by atoms with Crippen LogP contribution in [-0.4, -0.2) is 24.0 Å². The summed E-state index contributed by atoms with van der Waals surface area (Å²) in [4.78, 5) is 19.1. The van der Waals surface area contributed by atoms with Crippen molar-refractivity contribution in [2.24, 2.45) is 17.8 Å². The summed E-state index contributed by atoms with van der Waals surface area (Å²) in [7, 11) is 0. The molecular formula is C16H21N3O. The Balaban J connectivity index is 1.48. The largest absolute Gasteiger partial charge is 0.355 e. The SMILES string of the molecule is O=C(Nc1cccnc1N1CCCC1)C1CC2CC2C1. The maximum absolute atomic E-state index is 12.4. The molecule has 1 N–H and O–H groups in total. The molecule has 2 aliphatic carbocycles. The Bertz CT molecular complexity index is 514. The molecule has 20 heavy (non-hydrogen) atoms. The third-order valence-corrected chi connectivity index (χ3v) is 5.06. The van der Waals surface area contributed by atoms with Gasteiger partial charge in [0.05, 0.1) is 5.69 Å². The third kappa shape index (κ3) is 2.17. The molecule has 0 spiro atoms. The molecule has 2 unspecified atom stereocenters. The summed E-state index contributed by atoms with van der Waals surface area (Å²) >= 11 is 0. The van der Waals surface area contributed by atoms with Crippen LogP contribution in [0.4, 0.5) is 11.5 Å². The van der Waals surface area contributed by atoms with Crippen molar-refractivity contribution in [3.63, 3.8) is 0 Å². The monoisotopic (exact) mass is 271 g/mol. The van der Waals surface area contributed by atoms with E-state index in [1.54, 1.807) is 0 Å². The van der Waals surface area contributed by atoms with Gasteiger partial charge in [0, 0.05) is 25.2 Å². The minimum absolute atomic E-state index is 0.200. The molecule has 1 aromatic heterocycles. The zero-order chi connectivity index (χ0) is 13.5. The summed E-state index contributed by atoms with van der Waals surface area (Å²) in [6, 6.07) is 3.88. The molecule has 2 heterocycles. The predicted octanol–water partition coefficient (Wildman–Crippen LogP) is 2.67. The molecule has 4 nitrogen and oxygen atoms in total. The van der Waals surface area contributed by atoms with Crippen LogP contribution in [0.25, 0.3) is 0 Å². The van der Waals surface area contributed by atoms with Gasteiger partial charge < -0.3 is 10.2 Å². The first-order chi connectivity index (χ1) is 9.81. The van der Waals surface area contributed by atoms with E-state index in [4.69, 9.17) is 0 Å². The first-order valence-corrected chi connectivity index (χ1v) is 7.82. The van der Waals surface area contributed by atoms with Crippen molar-refractivity contribution >= 4 is 17.4 Å².